The molecule has 0 saturated carbocycles. The number of carbonyl (C=O) groups is 17. The number of nitrogens with two attached hydrogens (primary N) is 2. The topological polar surface area (TPSA) is 620 Å². The number of imidazole rings is 1. The monoisotopic (exact) mass is 1830 g/mol. The molecule has 0 radical (unpaired) electrons. The van der Waals surface area contributed by atoms with E-state index in [-0.39, 0.29) is 94.5 Å². The number of hydrogen-bond acceptors (Lipinski definition) is 23. The molecule has 1 unspecified atom stereocenters. The molecule has 43 heteroatoms. The summed E-state index contributed by atoms with van der Waals surface area (Å²) < 4.78 is 0. The average Bonchev–Trinajstić information content (AvgIpc) is 1.08. The number of fused-ring (bicyclic) bond motifs is 4. The molecule has 3 aliphatic heterocycles. The fourth-order valence-corrected chi connectivity index (χ4v) is 16.9. The number of hydrogen-bond donors (Lipinski definition) is 19. The maximum atomic E-state index is 15.6. The van der Waals surface area contributed by atoms with Crippen LogP contribution in [0.5, 0.6) is 5.75 Å². The first kappa shape index (κ1) is 101. The number of benzene rings is 3. The average molecular weight is 1830 g/mol. The van der Waals surface area contributed by atoms with Crippen LogP contribution >= 0.6 is 11.8 Å². The van der Waals surface area contributed by atoms with Crippen LogP contribution in [0.2, 0.25) is 0 Å². The molecular weight excluding hydrogens is 1710 g/mol. The molecule has 21 N–H and O–H groups in total. The van der Waals surface area contributed by atoms with Gasteiger partial charge in [-0.15, -0.1) is 11.8 Å². The summed E-state index contributed by atoms with van der Waals surface area (Å²) in [5.74, 6) is -17.4. The summed E-state index contributed by atoms with van der Waals surface area (Å²) in [7, 11) is 3.93. The van der Waals surface area contributed by atoms with Crippen molar-refractivity contribution in [2.45, 2.75) is 228 Å². The number of aliphatic carboxylic acids is 1. The molecule has 130 heavy (non-hydrogen) atoms. The van der Waals surface area contributed by atoms with E-state index in [0.29, 0.717) is 64.2 Å². The summed E-state index contributed by atoms with van der Waals surface area (Å²) in [5, 5.41) is 71.0. The van der Waals surface area contributed by atoms with E-state index in [2.05, 4.69) is 73.1 Å². The Morgan fingerprint density at radius 2 is 1.05 bits per heavy atom. The van der Waals surface area contributed by atoms with E-state index < -0.39 is 229 Å². The number of rotatable bonds is 23. The van der Waals surface area contributed by atoms with E-state index in [1.807, 2.05) is 13.8 Å². The second kappa shape index (κ2) is 47.9. The standard InChI is InChI=1S/C87H119N21O21S/c1-8-10-22-66-80(122)95-47(3)74(116)103-65(76(118)93-42-71(89)112)44-130-45-72(113)96-61(34-49-26-28-53(110)29-27-49)83(125)104(5)48(4)75(117)100-63(38-73(114)115)86(128)108-33-17-25-68(108)82(124)99-60(37-52-41-90-46-94-52)78(120)97-58(30-31-70(88)111)85(127)107-32-16-24-67(107)81(123)98-59(35-50-39-91-56-20-14-12-18-54(50)56)77(119)102-64(43-109)79(121)101-62(36-51-40-92-57-21-15-13-19-55(51)57)84(126)106(7)69(23-11-9-2)87(129)105(66)6/h12-15,18-21,26-29,39-41,46-48,58-69,74,91-92,103,109-110,116H,8-11,16-17,22-25,30-38,42-45H2,1-7H3,(H2,88,111)(H2,89,112)(H,90,94)(H,93,118)(H,95,122)(H,96,113)(H,97,120)(H,98,123)(H,99,124)(H,100,117)(H,101,121)(H,102,119)(H,114,115)/t47-,48-,58-,59-,60-,61-,62-,63-,64-,65-,66-,67-,68-,69-,74?/m0/s1. The van der Waals surface area contributed by atoms with E-state index in [1.54, 1.807) is 60.9 Å². The van der Waals surface area contributed by atoms with E-state index in [4.69, 9.17) is 11.5 Å². The molecule has 16 amide bonds. The number of phenolic OH excluding ortho intramolecular Hbond substituents is 1. The zero-order chi connectivity index (χ0) is 94.7. The Morgan fingerprint density at radius 1 is 0.538 bits per heavy atom. The van der Waals surface area contributed by atoms with Gasteiger partial charge in [-0.3, -0.25) is 86.8 Å². The third-order valence-electron chi connectivity index (χ3n) is 23.5. The molecule has 3 aromatic heterocycles. The van der Waals surface area contributed by atoms with Crippen LogP contribution in [-0.2, 0) is 107 Å². The Bertz CT molecular complexity index is 5030. The number of unbranched alkanes of at least 4 members (excludes halogenated alkanes) is 2. The largest absolute Gasteiger partial charge is 0.508 e. The van der Waals surface area contributed by atoms with Gasteiger partial charge < -0.3 is 119 Å². The van der Waals surface area contributed by atoms with E-state index in [0.717, 1.165) is 31.4 Å². The fourth-order valence-electron chi connectivity index (χ4n) is 16.0. The van der Waals surface area contributed by atoms with Crippen molar-refractivity contribution < 1.29 is 102 Å². The van der Waals surface area contributed by atoms with Crippen LogP contribution < -0.4 is 64.6 Å². The number of likely N-dealkylation sites (N-methyl/N-ethyl adjacent to an activating group) is 3. The number of phenols is 1. The van der Waals surface area contributed by atoms with Gasteiger partial charge in [-0.1, -0.05) is 88.1 Å². The normalized spacial score (nSPS) is 25.3. The minimum atomic E-state index is -1.91. The van der Waals surface area contributed by atoms with Gasteiger partial charge in [0, 0.05) is 118 Å². The lowest BCUT2D eigenvalue weighted by Gasteiger charge is -2.36. The summed E-state index contributed by atoms with van der Waals surface area (Å²) in [4.78, 5) is 264. The zero-order valence-electron chi connectivity index (χ0n) is 73.6. The number of aliphatic hydroxyl groups excluding tert-OH is 2. The highest BCUT2D eigenvalue weighted by molar-refractivity contribution is 8.00. The fraction of sp³-hybridized carbons (Fsp3) is 0.517. The molecule has 3 saturated heterocycles. The smallest absolute Gasteiger partial charge is 0.305 e. The third-order valence-corrected chi connectivity index (χ3v) is 24.6. The molecule has 0 aliphatic carbocycles. The number of carboxylic acids is 1. The molecule has 6 heterocycles. The first-order chi connectivity index (χ1) is 62.0. The third kappa shape index (κ3) is 27.3. The van der Waals surface area contributed by atoms with Gasteiger partial charge in [0.2, 0.25) is 94.5 Å². The lowest BCUT2D eigenvalue weighted by Crippen LogP contribution is -2.62. The van der Waals surface area contributed by atoms with Crippen LogP contribution in [0.1, 0.15) is 134 Å². The lowest BCUT2D eigenvalue weighted by molar-refractivity contribution is -0.149. The van der Waals surface area contributed by atoms with Crippen LogP contribution in [0, 0.1) is 0 Å². The minimum Gasteiger partial charge on any atom is -0.508 e. The molecule has 6 aromatic rings. The number of primary amides is 2. The van der Waals surface area contributed by atoms with Crippen LogP contribution in [0.4, 0.5) is 0 Å². The number of aromatic nitrogens is 4. The first-order valence-corrected chi connectivity index (χ1v) is 44.5. The van der Waals surface area contributed by atoms with Crippen molar-refractivity contribution in [3.63, 3.8) is 0 Å². The van der Waals surface area contributed by atoms with Crippen molar-refractivity contribution in [3.8, 4) is 5.75 Å². The lowest BCUT2D eigenvalue weighted by atomic mass is 10.00. The van der Waals surface area contributed by atoms with E-state index in [1.165, 1.54) is 76.7 Å². The van der Waals surface area contributed by atoms with Gasteiger partial charge in [-0.05, 0) is 99.7 Å². The zero-order valence-corrected chi connectivity index (χ0v) is 74.5. The Balaban J connectivity index is 1.07. The number of aliphatic hydroxyl groups is 2. The maximum Gasteiger partial charge on any atom is 0.305 e. The second-order valence-electron chi connectivity index (χ2n) is 32.9. The summed E-state index contributed by atoms with van der Waals surface area (Å²) in [5.41, 5.74) is 14.0. The Hall–Kier alpha value is -13.0. The van der Waals surface area contributed by atoms with Gasteiger partial charge in [0.1, 0.15) is 84.5 Å². The molecule has 0 bridgehead atoms. The van der Waals surface area contributed by atoms with Crippen molar-refractivity contribution in [2.75, 3.05) is 58.9 Å². The first-order valence-electron chi connectivity index (χ1n) is 43.4. The van der Waals surface area contributed by atoms with Crippen molar-refractivity contribution in [1.29, 1.82) is 0 Å². The highest BCUT2D eigenvalue weighted by Gasteiger charge is 2.46. The summed E-state index contributed by atoms with van der Waals surface area (Å²) in [6, 6.07) is -1.79. The van der Waals surface area contributed by atoms with Crippen LogP contribution in [0.25, 0.3) is 21.8 Å². The maximum absolute atomic E-state index is 15.6. The Kier molecular flexibility index (Phi) is 37.1. The number of amides is 16. The highest BCUT2D eigenvalue weighted by Crippen LogP contribution is 2.28. The number of H-pyrrole nitrogens is 3. The Labute approximate surface area is 753 Å². The number of aromatic hydroxyl groups is 1. The van der Waals surface area contributed by atoms with Gasteiger partial charge in [-0.25, -0.2) is 4.98 Å². The molecule has 3 fully saturated rings. The Morgan fingerprint density at radius 3 is 1.60 bits per heavy atom. The molecule has 3 aliphatic rings. The molecule has 15 atom stereocenters. The van der Waals surface area contributed by atoms with Gasteiger partial charge >= 0.3 is 5.97 Å². The second-order valence-corrected chi connectivity index (χ2v) is 34.0. The molecule has 704 valence electrons. The minimum absolute atomic E-state index is 0.0196. The highest BCUT2D eigenvalue weighted by atomic mass is 32.2. The summed E-state index contributed by atoms with van der Waals surface area (Å²) in [6.07, 6.45) is 3.03. The van der Waals surface area contributed by atoms with Crippen molar-refractivity contribution in [3.05, 3.63) is 120 Å². The molecule has 9 rings (SSSR count). The number of carbonyl (C=O) groups excluding carboxylic acids is 16. The van der Waals surface area contributed by atoms with Crippen molar-refractivity contribution in [2.24, 2.45) is 11.5 Å². The molecule has 3 aromatic carbocycles. The van der Waals surface area contributed by atoms with Crippen molar-refractivity contribution in [1.82, 2.24) is 97.6 Å². The molecule has 0 spiro atoms. The number of thioether (sulfide) groups is 1. The van der Waals surface area contributed by atoms with Crippen LogP contribution in [0.3, 0.4) is 0 Å². The van der Waals surface area contributed by atoms with Crippen LogP contribution in [0.15, 0.2) is 97.7 Å². The SMILES string of the molecule is CCCC[C@H]1C(=O)N(C)[C@@H](CCCC)C(=O)N[C@@H](C)C(O)N[C@H](C(=O)NCC(N)=O)CSCC(=O)N[C@@H](Cc2ccc(O)cc2)C(=O)N(C)[C@@H](C)C(=O)N[C@@H](CC(=O)O)C(=O)N2CCC[C@H]2C(=O)N[C@@H](Cc2cnc[nH]2)C(=O)N[C@@H](CCC(N)=O)C(=O)N2CCC[C@H]2C(=O)N[C@@H](Cc2c[nH]c3ccccc23)C(=O)N[C@@H](CO)C(=O)N[C@@H](Cc2c[nH]c3ccccc23)C(=O)N1C. The summed E-state index contributed by atoms with van der Waals surface area (Å²) in [6.45, 7) is 4.30. The summed E-state index contributed by atoms with van der Waals surface area (Å²) >= 11 is 0.808. The number of aromatic amines is 3. The predicted octanol–water partition coefficient (Wildman–Crippen LogP) is -2.53. The predicted molar refractivity (Wildman–Crippen MR) is 473 cm³/mol. The number of nitrogens with zero attached hydrogens (tertiary/aromatic N) is 6. The van der Waals surface area contributed by atoms with E-state index in [9.17, 15) is 73.2 Å². The van der Waals surface area contributed by atoms with Gasteiger partial charge in [0.25, 0.3) is 0 Å². The quantitative estimate of drug-likeness (QED) is 0.0314. The van der Waals surface area contributed by atoms with E-state index >= 15 is 28.8 Å². The number of para-hydroxylation sites is 2. The van der Waals surface area contributed by atoms with Crippen molar-refractivity contribution >= 4 is 134 Å². The van der Waals surface area contributed by atoms with Crippen LogP contribution in [-0.4, -0.2) is 315 Å². The molecular formula is C87H119N21O21S. The van der Waals surface area contributed by atoms with Gasteiger partial charge in [-0.2, -0.15) is 0 Å². The van der Waals surface area contributed by atoms with Gasteiger partial charge in [0.05, 0.1) is 43.7 Å². The number of nitrogens with one attached hydrogen (secondary N) is 13. The molecule has 42 nitrogen and oxygen atoms in total. The van der Waals surface area contributed by atoms with Gasteiger partial charge in [0.15, 0.2) is 0 Å². The number of carboxylic acid groups (broad SMARTS) is 1.